The maximum absolute atomic E-state index is 4.53. The molecule has 1 rings (SSSR count). The maximum atomic E-state index is 4.53. The Morgan fingerprint density at radius 1 is 1.50 bits per heavy atom. The van der Waals surface area contributed by atoms with Crippen molar-refractivity contribution in [2.75, 3.05) is 7.05 Å². The summed E-state index contributed by atoms with van der Waals surface area (Å²) in [5.41, 5.74) is 4.87. The molecule has 0 bridgehead atoms. The number of nitrogens with zero attached hydrogens (tertiary/aromatic N) is 1. The Bertz CT molecular complexity index is 369. The lowest BCUT2D eigenvalue weighted by Gasteiger charge is -2.18. The van der Waals surface area contributed by atoms with E-state index in [9.17, 15) is 0 Å². The van der Waals surface area contributed by atoms with Crippen LogP contribution < -0.4 is 5.32 Å². The van der Waals surface area contributed by atoms with Crippen LogP contribution in [0.5, 0.6) is 0 Å². The van der Waals surface area contributed by atoms with Gasteiger partial charge in [-0.25, -0.2) is 0 Å². The second kappa shape index (κ2) is 5.80. The standard InChI is InChI=1S/C14H22N2/c1-6-10(2)8-13(15-5)14-12(4)7-11(3)9-16-14/h7,9,13,15H,2,6,8H2,1,3-5H3. The summed E-state index contributed by atoms with van der Waals surface area (Å²) in [5.74, 6) is 0. The Balaban J connectivity index is 2.90. The molecule has 0 spiro atoms. The van der Waals surface area contributed by atoms with Crippen molar-refractivity contribution in [1.82, 2.24) is 10.3 Å². The molecule has 1 aromatic heterocycles. The van der Waals surface area contributed by atoms with Gasteiger partial charge in [-0.15, -0.1) is 0 Å². The minimum atomic E-state index is 0.285. The molecule has 2 nitrogen and oxygen atoms in total. The van der Waals surface area contributed by atoms with E-state index in [0.29, 0.717) is 0 Å². The molecule has 0 saturated carbocycles. The van der Waals surface area contributed by atoms with E-state index in [-0.39, 0.29) is 6.04 Å². The van der Waals surface area contributed by atoms with Crippen molar-refractivity contribution in [2.45, 2.75) is 39.7 Å². The van der Waals surface area contributed by atoms with Gasteiger partial charge in [0, 0.05) is 6.20 Å². The molecule has 1 atom stereocenters. The first-order chi connectivity index (χ1) is 7.58. The molecule has 0 saturated heterocycles. The van der Waals surface area contributed by atoms with Crippen LogP contribution in [0.25, 0.3) is 0 Å². The third-order valence-electron chi connectivity index (χ3n) is 2.93. The van der Waals surface area contributed by atoms with E-state index in [1.54, 1.807) is 0 Å². The summed E-state index contributed by atoms with van der Waals surface area (Å²) in [6.45, 7) is 10.4. The van der Waals surface area contributed by atoms with Crippen LogP contribution in [0.3, 0.4) is 0 Å². The van der Waals surface area contributed by atoms with Crippen molar-refractivity contribution < 1.29 is 0 Å². The van der Waals surface area contributed by atoms with Crippen molar-refractivity contribution >= 4 is 0 Å². The number of hydrogen-bond donors (Lipinski definition) is 1. The van der Waals surface area contributed by atoms with Gasteiger partial charge in [0.15, 0.2) is 0 Å². The zero-order valence-electron chi connectivity index (χ0n) is 10.8. The Kier molecular flexibility index (Phi) is 4.69. The van der Waals surface area contributed by atoms with Crippen LogP contribution in [-0.4, -0.2) is 12.0 Å². The second-order valence-electron chi connectivity index (χ2n) is 4.36. The molecule has 0 aromatic carbocycles. The van der Waals surface area contributed by atoms with Crippen molar-refractivity contribution in [3.63, 3.8) is 0 Å². The van der Waals surface area contributed by atoms with E-state index in [1.807, 2.05) is 13.2 Å². The molecular formula is C14H22N2. The number of hydrogen-bond acceptors (Lipinski definition) is 2. The summed E-state index contributed by atoms with van der Waals surface area (Å²) in [4.78, 5) is 4.53. The monoisotopic (exact) mass is 218 g/mol. The average Bonchev–Trinajstić information content (AvgIpc) is 2.26. The molecule has 0 aliphatic rings. The lowest BCUT2D eigenvalue weighted by molar-refractivity contribution is 0.564. The zero-order chi connectivity index (χ0) is 12.1. The third kappa shape index (κ3) is 3.17. The summed E-state index contributed by atoms with van der Waals surface area (Å²) < 4.78 is 0. The van der Waals surface area contributed by atoms with Crippen LogP contribution in [0, 0.1) is 13.8 Å². The highest BCUT2D eigenvalue weighted by atomic mass is 14.9. The molecule has 0 radical (unpaired) electrons. The number of aromatic nitrogens is 1. The summed E-state index contributed by atoms with van der Waals surface area (Å²) in [6.07, 6.45) is 3.92. The van der Waals surface area contributed by atoms with Gasteiger partial charge < -0.3 is 5.32 Å². The molecule has 0 amide bonds. The quantitative estimate of drug-likeness (QED) is 0.767. The van der Waals surface area contributed by atoms with E-state index < -0.39 is 0 Å². The summed E-state index contributed by atoms with van der Waals surface area (Å²) in [6, 6.07) is 2.47. The Labute approximate surface area is 98.8 Å². The third-order valence-corrected chi connectivity index (χ3v) is 2.93. The fourth-order valence-corrected chi connectivity index (χ4v) is 1.86. The smallest absolute Gasteiger partial charge is 0.0605 e. The number of pyridine rings is 1. The molecule has 0 aliphatic carbocycles. The predicted octanol–water partition coefficient (Wildman–Crippen LogP) is 3.32. The average molecular weight is 218 g/mol. The van der Waals surface area contributed by atoms with Gasteiger partial charge in [0.25, 0.3) is 0 Å². The molecule has 1 N–H and O–H groups in total. The number of rotatable bonds is 5. The minimum absolute atomic E-state index is 0.285. The van der Waals surface area contributed by atoms with Crippen LogP contribution in [0.1, 0.15) is 42.6 Å². The molecule has 2 heteroatoms. The van der Waals surface area contributed by atoms with Gasteiger partial charge in [-0.3, -0.25) is 4.98 Å². The van der Waals surface area contributed by atoms with Gasteiger partial charge in [-0.1, -0.05) is 25.1 Å². The van der Waals surface area contributed by atoms with Crippen LogP contribution in [0.2, 0.25) is 0 Å². The van der Waals surface area contributed by atoms with E-state index in [2.05, 4.69) is 43.7 Å². The fraction of sp³-hybridized carbons (Fsp3) is 0.500. The molecule has 1 heterocycles. The lowest BCUT2D eigenvalue weighted by atomic mass is 9.99. The summed E-state index contributed by atoms with van der Waals surface area (Å²) >= 11 is 0. The predicted molar refractivity (Wildman–Crippen MR) is 69.6 cm³/mol. The van der Waals surface area contributed by atoms with Crippen LogP contribution >= 0.6 is 0 Å². The van der Waals surface area contributed by atoms with Gasteiger partial charge in [0.05, 0.1) is 11.7 Å². The highest BCUT2D eigenvalue weighted by molar-refractivity contribution is 5.26. The molecule has 0 aliphatic heterocycles. The first kappa shape index (κ1) is 12.9. The van der Waals surface area contributed by atoms with Crippen LogP contribution in [0.15, 0.2) is 24.4 Å². The largest absolute Gasteiger partial charge is 0.311 e. The maximum Gasteiger partial charge on any atom is 0.0605 e. The normalized spacial score (nSPS) is 12.5. The van der Waals surface area contributed by atoms with Crippen molar-refractivity contribution in [3.05, 3.63) is 41.2 Å². The van der Waals surface area contributed by atoms with Gasteiger partial charge in [0.1, 0.15) is 0 Å². The first-order valence-corrected chi connectivity index (χ1v) is 5.85. The number of nitrogens with one attached hydrogen (secondary N) is 1. The van der Waals surface area contributed by atoms with Crippen molar-refractivity contribution in [1.29, 1.82) is 0 Å². The topological polar surface area (TPSA) is 24.9 Å². The molecule has 0 fully saturated rings. The zero-order valence-corrected chi connectivity index (χ0v) is 10.8. The number of aryl methyl sites for hydroxylation is 2. The van der Waals surface area contributed by atoms with Crippen molar-refractivity contribution in [2.24, 2.45) is 0 Å². The Morgan fingerprint density at radius 3 is 2.69 bits per heavy atom. The van der Waals surface area contributed by atoms with Crippen molar-refractivity contribution in [3.8, 4) is 0 Å². The first-order valence-electron chi connectivity index (χ1n) is 5.85. The highest BCUT2D eigenvalue weighted by Gasteiger charge is 2.13. The van der Waals surface area contributed by atoms with E-state index >= 15 is 0 Å². The van der Waals surface area contributed by atoms with Crippen LogP contribution in [0.4, 0.5) is 0 Å². The Hall–Kier alpha value is -1.15. The van der Waals surface area contributed by atoms with E-state index in [1.165, 1.54) is 16.7 Å². The molecular weight excluding hydrogens is 196 g/mol. The van der Waals surface area contributed by atoms with Gasteiger partial charge >= 0.3 is 0 Å². The lowest BCUT2D eigenvalue weighted by Crippen LogP contribution is -2.19. The molecule has 1 unspecified atom stereocenters. The minimum Gasteiger partial charge on any atom is -0.311 e. The summed E-state index contributed by atoms with van der Waals surface area (Å²) in [5, 5.41) is 3.32. The van der Waals surface area contributed by atoms with Gasteiger partial charge in [-0.2, -0.15) is 0 Å². The molecule has 16 heavy (non-hydrogen) atoms. The second-order valence-corrected chi connectivity index (χ2v) is 4.36. The van der Waals surface area contributed by atoms with E-state index in [4.69, 9.17) is 0 Å². The molecule has 1 aromatic rings. The van der Waals surface area contributed by atoms with E-state index in [0.717, 1.165) is 18.5 Å². The SMILES string of the molecule is C=C(CC)CC(NC)c1ncc(C)cc1C. The summed E-state index contributed by atoms with van der Waals surface area (Å²) in [7, 11) is 1.98. The highest BCUT2D eigenvalue weighted by Crippen LogP contribution is 2.22. The fourth-order valence-electron chi connectivity index (χ4n) is 1.86. The van der Waals surface area contributed by atoms with Crippen LogP contribution in [-0.2, 0) is 0 Å². The van der Waals surface area contributed by atoms with Gasteiger partial charge in [0.2, 0.25) is 0 Å². The van der Waals surface area contributed by atoms with Gasteiger partial charge in [-0.05, 0) is 44.9 Å². The Morgan fingerprint density at radius 2 is 2.19 bits per heavy atom. The molecule has 88 valence electrons.